The molecular formula is C48H73N5O10. The summed E-state index contributed by atoms with van der Waals surface area (Å²) in [4.78, 5) is 87.1. The van der Waals surface area contributed by atoms with Crippen LogP contribution in [0.25, 0.3) is 0 Å². The Kier molecular flexibility index (Phi) is 21.0. The molecule has 3 rings (SSSR count). The summed E-state index contributed by atoms with van der Waals surface area (Å²) in [5.74, 6) is -3.51. The molecule has 2 aromatic carbocycles. The third kappa shape index (κ3) is 14.2. The molecule has 2 N–H and O–H groups in total. The smallest absolute Gasteiger partial charge is 0.410 e. The second-order valence-electron chi connectivity index (χ2n) is 17.4. The molecule has 0 saturated carbocycles. The summed E-state index contributed by atoms with van der Waals surface area (Å²) in [6, 6.07) is 14.8. The molecule has 15 nitrogen and oxygen atoms in total. The highest BCUT2D eigenvalue weighted by molar-refractivity contribution is 5.92. The van der Waals surface area contributed by atoms with Crippen LogP contribution in [0.15, 0.2) is 60.7 Å². The number of likely N-dealkylation sites (N-methyl/N-ethyl adjacent to an activating group) is 2. The number of nitrogens with zero attached hydrogens (tertiary/aromatic N) is 3. The van der Waals surface area contributed by atoms with E-state index in [1.807, 2.05) is 102 Å². The van der Waals surface area contributed by atoms with Crippen LogP contribution in [0, 0.1) is 23.7 Å². The van der Waals surface area contributed by atoms with E-state index < -0.39 is 72.2 Å². The van der Waals surface area contributed by atoms with Crippen LogP contribution in [0.5, 0.6) is 0 Å². The predicted molar refractivity (Wildman–Crippen MR) is 240 cm³/mol. The number of rotatable bonds is 23. The molecule has 1 aliphatic rings. The molecule has 0 spiro atoms. The molecule has 0 bridgehead atoms. The van der Waals surface area contributed by atoms with Crippen molar-refractivity contribution in [2.75, 3.05) is 42.0 Å². The molecule has 63 heavy (non-hydrogen) atoms. The van der Waals surface area contributed by atoms with Crippen LogP contribution in [0.2, 0.25) is 0 Å². The third-order valence-corrected chi connectivity index (χ3v) is 12.4. The third-order valence-electron chi connectivity index (χ3n) is 12.4. The first-order valence-electron chi connectivity index (χ1n) is 22.2. The molecule has 0 radical (unpaired) electrons. The molecule has 1 saturated heterocycles. The molecule has 0 aliphatic carbocycles. The molecule has 1 heterocycles. The first kappa shape index (κ1) is 52.3. The van der Waals surface area contributed by atoms with Gasteiger partial charge in [0.25, 0.3) is 0 Å². The van der Waals surface area contributed by atoms with Crippen molar-refractivity contribution < 1.29 is 47.7 Å². The van der Waals surface area contributed by atoms with Crippen LogP contribution >= 0.6 is 0 Å². The van der Waals surface area contributed by atoms with Gasteiger partial charge >= 0.3 is 12.1 Å². The van der Waals surface area contributed by atoms with Gasteiger partial charge in [0.05, 0.1) is 43.7 Å². The number of nitrogens with one attached hydrogen (secondary N) is 2. The van der Waals surface area contributed by atoms with E-state index in [1.54, 1.807) is 23.8 Å². The zero-order chi connectivity index (χ0) is 47.0. The number of methoxy groups -OCH3 is 3. The maximum absolute atomic E-state index is 14.5. The van der Waals surface area contributed by atoms with Gasteiger partial charge in [0.2, 0.25) is 23.6 Å². The molecule has 350 valence electrons. The van der Waals surface area contributed by atoms with E-state index in [0.29, 0.717) is 25.8 Å². The Labute approximate surface area is 374 Å². The van der Waals surface area contributed by atoms with Crippen LogP contribution in [0.4, 0.5) is 4.79 Å². The number of amides is 5. The highest BCUT2D eigenvalue weighted by atomic mass is 16.6. The molecule has 9 atom stereocenters. The number of hydrogen-bond acceptors (Lipinski definition) is 10. The van der Waals surface area contributed by atoms with E-state index in [0.717, 1.165) is 11.1 Å². The van der Waals surface area contributed by atoms with Crippen LogP contribution in [-0.2, 0) is 55.9 Å². The number of ether oxygens (including phenoxy) is 4. The van der Waals surface area contributed by atoms with Crippen molar-refractivity contribution in [1.29, 1.82) is 0 Å². The second kappa shape index (κ2) is 25.3. The van der Waals surface area contributed by atoms with Crippen LogP contribution < -0.4 is 10.6 Å². The average Bonchev–Trinajstić information content (AvgIpc) is 3.76. The molecule has 15 heteroatoms. The average molecular weight is 880 g/mol. The summed E-state index contributed by atoms with van der Waals surface area (Å²) in [6.07, 6.45) is 0.0894. The molecule has 1 aliphatic heterocycles. The van der Waals surface area contributed by atoms with Gasteiger partial charge in [-0.1, -0.05) is 116 Å². The Balaban J connectivity index is 1.77. The van der Waals surface area contributed by atoms with E-state index in [1.165, 1.54) is 33.3 Å². The van der Waals surface area contributed by atoms with Crippen LogP contribution in [0.1, 0.15) is 85.3 Å². The Morgan fingerprint density at radius 2 is 1.38 bits per heavy atom. The van der Waals surface area contributed by atoms with Crippen LogP contribution in [0.3, 0.4) is 0 Å². The Morgan fingerprint density at radius 1 is 0.778 bits per heavy atom. The van der Waals surface area contributed by atoms with Gasteiger partial charge in [-0.25, -0.2) is 9.59 Å². The lowest BCUT2D eigenvalue weighted by molar-refractivity contribution is -0.149. The maximum atomic E-state index is 14.5. The largest absolute Gasteiger partial charge is 0.467 e. The number of carbonyl (C=O) groups is 6. The van der Waals surface area contributed by atoms with Crippen molar-refractivity contribution in [3.63, 3.8) is 0 Å². The summed E-state index contributed by atoms with van der Waals surface area (Å²) in [6.45, 7) is 13.6. The fraction of sp³-hybridized carbons (Fsp3) is 0.625. The van der Waals surface area contributed by atoms with E-state index in [4.69, 9.17) is 18.9 Å². The quantitative estimate of drug-likeness (QED) is 0.141. The summed E-state index contributed by atoms with van der Waals surface area (Å²) >= 11 is 0. The zero-order valence-electron chi connectivity index (χ0n) is 39.5. The topological polar surface area (TPSA) is 173 Å². The summed E-state index contributed by atoms with van der Waals surface area (Å²) in [5.41, 5.74) is 1.67. The number of likely N-dealkylation sites (tertiary alicyclic amines) is 1. The lowest BCUT2D eigenvalue weighted by Crippen LogP contribution is -2.60. The van der Waals surface area contributed by atoms with Gasteiger partial charge in [-0.15, -0.1) is 0 Å². The van der Waals surface area contributed by atoms with E-state index in [9.17, 15) is 28.8 Å². The summed E-state index contributed by atoms with van der Waals surface area (Å²) in [7, 11) is 7.49. The minimum atomic E-state index is -0.957. The number of benzene rings is 2. The number of carbonyl (C=O) groups excluding carboxylic acids is 6. The monoisotopic (exact) mass is 880 g/mol. The highest BCUT2D eigenvalue weighted by Gasteiger charge is 2.44. The van der Waals surface area contributed by atoms with E-state index >= 15 is 0 Å². The molecule has 2 unspecified atom stereocenters. The zero-order valence-corrected chi connectivity index (χ0v) is 39.5. The molecule has 1 fully saturated rings. The lowest BCUT2D eigenvalue weighted by Gasteiger charge is -2.41. The van der Waals surface area contributed by atoms with Gasteiger partial charge in [-0.2, -0.15) is 0 Å². The first-order valence-corrected chi connectivity index (χ1v) is 22.2. The molecule has 2 aromatic rings. The van der Waals surface area contributed by atoms with Crippen molar-refractivity contribution in [1.82, 2.24) is 25.3 Å². The Hall–Kier alpha value is -5.02. The summed E-state index contributed by atoms with van der Waals surface area (Å²) < 4.78 is 22.5. The lowest BCUT2D eigenvalue weighted by atomic mass is 9.89. The second-order valence-corrected chi connectivity index (χ2v) is 17.4. The van der Waals surface area contributed by atoms with Gasteiger partial charge in [0.1, 0.15) is 24.7 Å². The van der Waals surface area contributed by atoms with Crippen LogP contribution in [-0.4, -0.2) is 135 Å². The van der Waals surface area contributed by atoms with Crippen molar-refractivity contribution >= 4 is 35.7 Å². The minimum Gasteiger partial charge on any atom is -0.467 e. The Bertz CT molecular complexity index is 1780. The van der Waals surface area contributed by atoms with E-state index in [-0.39, 0.29) is 49.0 Å². The van der Waals surface area contributed by atoms with Gasteiger partial charge < -0.3 is 39.4 Å². The van der Waals surface area contributed by atoms with Crippen molar-refractivity contribution in [2.24, 2.45) is 23.7 Å². The fourth-order valence-corrected chi connectivity index (χ4v) is 8.63. The van der Waals surface area contributed by atoms with E-state index in [2.05, 4.69) is 10.6 Å². The minimum absolute atomic E-state index is 0.0462. The van der Waals surface area contributed by atoms with Crippen molar-refractivity contribution in [3.8, 4) is 0 Å². The number of esters is 1. The Morgan fingerprint density at radius 3 is 1.90 bits per heavy atom. The predicted octanol–water partition coefficient (Wildman–Crippen LogP) is 5.24. The molecular weight excluding hydrogens is 807 g/mol. The van der Waals surface area contributed by atoms with Gasteiger partial charge in [-0.3, -0.25) is 24.1 Å². The normalized spacial score (nSPS) is 17.7. The fourth-order valence-electron chi connectivity index (χ4n) is 8.63. The van der Waals surface area contributed by atoms with Gasteiger partial charge in [0, 0.05) is 41.3 Å². The van der Waals surface area contributed by atoms with Crippen molar-refractivity contribution in [3.05, 3.63) is 71.8 Å². The molecule has 5 amide bonds. The SMILES string of the molecule is CCC(C)[C@@H]([C@@H](CC(=O)N1CCC[C@H]1[C@H](OC)[C@@H](C)C(=O)NC(Cc1ccccc1)C(=O)OC)OC)N(C)C(=O)[C@@H](NC(=O)[C@H](C(C)C)N(C)C(=O)OCc1ccccc1)C(C)C. The highest BCUT2D eigenvalue weighted by Crippen LogP contribution is 2.30. The standard InChI is InChI=1S/C48H73N5O10/c1-13-32(6)42(51(8)46(57)40(30(2)3)50-45(56)41(31(4)5)52(9)48(59)63-29-35-23-18-15-19-24-35)38(60-10)28-39(54)53-26-20-25-37(53)43(61-11)33(7)44(55)49-36(47(58)62-12)27-34-21-16-14-17-22-34/h14-19,21-24,30-33,36-38,40-43H,13,20,25-29H2,1-12H3,(H,49,55)(H,50,56)/t32?,33-,36?,37+,38-,40+,41+,42+,43-/m1/s1. The number of hydrogen-bond donors (Lipinski definition) is 2. The van der Waals surface area contributed by atoms with Gasteiger partial charge in [-0.05, 0) is 41.7 Å². The maximum Gasteiger partial charge on any atom is 0.410 e. The van der Waals surface area contributed by atoms with Crippen molar-refractivity contribution in [2.45, 2.75) is 130 Å². The first-order chi connectivity index (χ1) is 29.9. The van der Waals surface area contributed by atoms with Gasteiger partial charge in [0.15, 0.2) is 0 Å². The molecule has 0 aromatic heterocycles. The summed E-state index contributed by atoms with van der Waals surface area (Å²) in [5, 5.41) is 5.81.